The fourth-order valence-electron chi connectivity index (χ4n) is 14.5. The maximum absolute atomic E-state index is 9.49. The van der Waals surface area contributed by atoms with Crippen LogP contribution in [-0.4, -0.2) is 301 Å². The second-order valence-corrected chi connectivity index (χ2v) is 55.0. The molecule has 3 aromatic heterocycles. The molecule has 1 aliphatic carbocycles. The van der Waals surface area contributed by atoms with Gasteiger partial charge in [-0.2, -0.15) is 10.2 Å². The molecule has 5 aliphatic heterocycles. The van der Waals surface area contributed by atoms with Crippen LogP contribution in [0.25, 0.3) is 0 Å². The molecule has 5 unspecified atom stereocenters. The highest BCUT2D eigenvalue weighted by Crippen LogP contribution is 2.40. The lowest BCUT2D eigenvalue weighted by molar-refractivity contribution is -0.123. The number of hydrogen-bond acceptors (Lipinski definition) is 22. The number of aliphatic hydroxyl groups is 4. The van der Waals surface area contributed by atoms with E-state index in [1.165, 1.54) is 103 Å². The van der Waals surface area contributed by atoms with E-state index in [1.54, 1.807) is 50.3 Å². The number of piperazine rings is 1. The molecule has 0 aromatic carbocycles. The van der Waals surface area contributed by atoms with Gasteiger partial charge in [0.05, 0.1) is 81.5 Å². The number of rotatable bonds is 21. The normalized spacial score (nSPS) is 18.6. The van der Waals surface area contributed by atoms with Gasteiger partial charge in [0.1, 0.15) is 18.3 Å². The van der Waals surface area contributed by atoms with Crippen molar-refractivity contribution in [2.75, 3.05) is 153 Å². The third-order valence-corrected chi connectivity index (χ3v) is 23.9. The van der Waals surface area contributed by atoms with E-state index >= 15 is 0 Å². The van der Waals surface area contributed by atoms with Crippen molar-refractivity contribution < 1.29 is 58.3 Å². The summed E-state index contributed by atoms with van der Waals surface area (Å²) in [6.07, 6.45) is 25.2. The van der Waals surface area contributed by atoms with Gasteiger partial charge in [-0.25, -0.2) is 4.98 Å². The Bertz CT molecular complexity index is 3470. The zero-order valence-electron chi connectivity index (χ0n) is 104. The Kier molecular flexibility index (Phi) is 71.8. The molecule has 25 nitrogen and oxygen atoms in total. The monoisotopic (exact) mass is 2020 g/mol. The summed E-state index contributed by atoms with van der Waals surface area (Å²) in [5, 5.41) is 53.1. The Morgan fingerprint density at radius 2 is 0.965 bits per heavy atom. The standard InChI is InChI=1S/C11H24N2.C11H22O.C9H19NO2.C9H19NO.C9H14.C8H15N3.C8H14N2.C8H17N.2C8H18O.C7H13N3O.2C7H16O2.C7H16O/c1-5-6-12-7-9-13(10-8-12)11(2,3)4;1-5-11(8-12-9-11)7-6-10(2,3)4;1-9(2,3)10-5-8(12)4-7(10)6-11;1-7-5-10(6-8(7)11)9(2,3)4;1-9(2,3)8-6-4-5-7-8;1-8(2,3)5-7-9-6-11(4)10-7;1-8(2,3)7-5-6-10(4)9-7;1-7-5-9(6-7)8(2,3)4;2*1-8(2,3)6-5-7-9-4;1-7(2,3)11-6-9-8-5-10(6)4;2*1-7(2,3)9-6-5-8-4;1-5-6(8)7(2,3)4/h5-10H2,1-4H3;5-9H2,1-4H3;7-8,11-12H,4-6H2,1-3H3;7-8,11H,5-6H2,1-4H3;4,6-7H,5H2,1-3H3;6H,5H2,1-4H3;5-6H,1-4H3;7H,5-6H2,1-4H3;2*5-7H2,1-4H3;5H,1-4H3;2*5-6H2,1-4H3;6,8H,5H2,1-4H3. The van der Waals surface area contributed by atoms with Crippen molar-refractivity contribution in [3.8, 4) is 6.01 Å². The topological polar surface area (TPSA) is 250 Å². The molecule has 142 heavy (non-hydrogen) atoms. The van der Waals surface area contributed by atoms with Crippen LogP contribution in [0.2, 0.25) is 0 Å². The Labute approximate surface area is 878 Å². The summed E-state index contributed by atoms with van der Waals surface area (Å²) < 4.78 is 46.3. The molecule has 0 radical (unpaired) electrons. The Morgan fingerprint density at radius 1 is 0.507 bits per heavy atom. The van der Waals surface area contributed by atoms with Gasteiger partial charge >= 0.3 is 6.01 Å². The molecule has 25 heteroatoms. The van der Waals surface area contributed by atoms with Crippen LogP contribution in [0, 0.1) is 49.7 Å². The summed E-state index contributed by atoms with van der Waals surface area (Å²) in [5.74, 6) is 2.30. The van der Waals surface area contributed by atoms with Crippen molar-refractivity contribution in [1.82, 2.24) is 63.8 Å². The highest BCUT2D eigenvalue weighted by molar-refractivity contribution is 5.30. The minimum Gasteiger partial charge on any atom is -0.458 e. The summed E-state index contributed by atoms with van der Waals surface area (Å²) >= 11 is 0. The molecule has 6 aliphatic rings. The zero-order valence-corrected chi connectivity index (χ0v) is 104. The van der Waals surface area contributed by atoms with Gasteiger partial charge < -0.3 is 63.2 Å². The number of likely N-dealkylation sites (tertiary alicyclic amines) is 3. The first-order chi connectivity index (χ1) is 64.2. The zero-order chi connectivity index (χ0) is 112. The highest BCUT2D eigenvalue weighted by Gasteiger charge is 2.39. The van der Waals surface area contributed by atoms with E-state index in [2.05, 4.69) is 310 Å². The highest BCUT2D eigenvalue weighted by atomic mass is 16.5. The summed E-state index contributed by atoms with van der Waals surface area (Å²) in [7, 11) is 12.5. The number of ether oxygens (including phenoxy) is 8. The average Bonchev–Trinajstić information content (AvgIpc) is 1.37. The van der Waals surface area contributed by atoms with E-state index in [1.807, 2.05) is 122 Å². The van der Waals surface area contributed by atoms with E-state index in [4.69, 9.17) is 43.0 Å². The van der Waals surface area contributed by atoms with E-state index in [-0.39, 0.29) is 75.1 Å². The van der Waals surface area contributed by atoms with E-state index in [0.29, 0.717) is 89.5 Å². The second-order valence-electron chi connectivity index (χ2n) is 55.0. The summed E-state index contributed by atoms with van der Waals surface area (Å²) in [5.41, 5.74) is 6.24. The summed E-state index contributed by atoms with van der Waals surface area (Å²) in [6, 6.07) is 2.75. The van der Waals surface area contributed by atoms with Gasteiger partial charge in [0.2, 0.25) is 0 Å². The maximum Gasteiger partial charge on any atom is 0.316 e. The van der Waals surface area contributed by atoms with Gasteiger partial charge in [-0.15, -0.1) is 5.10 Å². The third-order valence-electron chi connectivity index (χ3n) is 23.9. The predicted molar refractivity (Wildman–Crippen MR) is 606 cm³/mol. The molecule has 4 N–H and O–H groups in total. The van der Waals surface area contributed by atoms with Gasteiger partial charge in [-0.3, -0.25) is 33.5 Å². The molecule has 0 spiro atoms. The van der Waals surface area contributed by atoms with Crippen molar-refractivity contribution in [3.63, 3.8) is 0 Å². The van der Waals surface area contributed by atoms with E-state index < -0.39 is 0 Å². The first-order valence-corrected chi connectivity index (χ1v) is 54.1. The second kappa shape index (κ2) is 69.6. The fraction of sp³-hybridized carbons (Fsp3) is 0.906. The Morgan fingerprint density at radius 3 is 1.20 bits per heavy atom. The average molecular weight is 2020 g/mol. The van der Waals surface area contributed by atoms with E-state index in [9.17, 15) is 15.3 Å². The first-order valence-electron chi connectivity index (χ1n) is 54.1. The van der Waals surface area contributed by atoms with Crippen molar-refractivity contribution in [2.24, 2.45) is 70.9 Å². The van der Waals surface area contributed by atoms with Gasteiger partial charge in [0.15, 0.2) is 5.82 Å². The predicted octanol–water partition coefficient (Wildman–Crippen LogP) is 24.7. The SMILES string of the molecule is CC(C)(C)C1=CCC=C1.CC(C)(C)N1CC(O)CC1CO.CC1CN(C(C)(C)C)C1.CC1CN(C(C)(C)C)CC1O.CCC(O)C(C)(C)C.CCC1(CCC(C)(C)C)COC1.CCCN1CCN(C(C)(C)C)CC1.COCCCC(C)(C)C.COCCCC(C)(C)C.COCCOC(C)(C)C.COCCOC(C)(C)C.Cn1ccc(C(C)(C)C)n1.Cn1cnc(CC(C)(C)C)n1.Cn1cnnc1OC(C)(C)C. The number of nitrogens with zero attached hydrogens (tertiary/aromatic N) is 13. The van der Waals surface area contributed by atoms with Crippen LogP contribution in [0.15, 0.2) is 48.7 Å². The molecule has 0 bridgehead atoms. The van der Waals surface area contributed by atoms with Crippen LogP contribution in [0.1, 0.15) is 408 Å². The van der Waals surface area contributed by atoms with E-state index in [0.717, 1.165) is 76.2 Å². The number of aliphatic hydroxyl groups excluding tert-OH is 4. The summed E-state index contributed by atoms with van der Waals surface area (Å²) in [6.45, 7) is 120. The molecule has 5 saturated heterocycles. The quantitative estimate of drug-likeness (QED) is 0.0724. The smallest absolute Gasteiger partial charge is 0.316 e. The molecule has 8 heterocycles. The van der Waals surface area contributed by atoms with Crippen LogP contribution in [0.3, 0.4) is 0 Å². The van der Waals surface area contributed by atoms with Crippen molar-refractivity contribution >= 4 is 0 Å². The number of methoxy groups -OCH3 is 4. The molecule has 0 amide bonds. The molecule has 3 aromatic rings. The van der Waals surface area contributed by atoms with Crippen LogP contribution in [0.4, 0.5) is 0 Å². The fourth-order valence-corrected chi connectivity index (χ4v) is 14.5. The van der Waals surface area contributed by atoms with Gasteiger partial charge in [-0.1, -0.05) is 203 Å². The third kappa shape index (κ3) is 82.0. The minimum atomic E-state index is -0.263. The van der Waals surface area contributed by atoms with Gasteiger partial charge in [0.25, 0.3) is 0 Å². The lowest BCUT2D eigenvalue weighted by Gasteiger charge is -2.46. The van der Waals surface area contributed by atoms with Crippen LogP contribution in [-0.2, 0) is 66.1 Å². The minimum absolute atomic E-state index is 0.0292. The molecule has 0 saturated carbocycles. The van der Waals surface area contributed by atoms with Gasteiger partial charge in [0, 0.05) is 173 Å². The van der Waals surface area contributed by atoms with Crippen LogP contribution in [0.5, 0.6) is 6.01 Å². The van der Waals surface area contributed by atoms with Crippen molar-refractivity contribution in [1.29, 1.82) is 0 Å². The molecule has 5 fully saturated rings. The molecule has 5 atom stereocenters. The van der Waals surface area contributed by atoms with Crippen molar-refractivity contribution in [3.05, 3.63) is 60.2 Å². The Hall–Kier alpha value is -3.87. The summed E-state index contributed by atoms with van der Waals surface area (Å²) in [4.78, 5) is 16.3. The largest absolute Gasteiger partial charge is 0.458 e. The molecular formula is C117H241N13O12. The number of aromatic nitrogens is 8. The van der Waals surface area contributed by atoms with Crippen LogP contribution < -0.4 is 4.74 Å². The lowest BCUT2D eigenvalue weighted by atomic mass is 9.74. The Balaban J connectivity index is -0.000000475. The number of allylic oxidation sites excluding steroid dienone is 4. The number of β-amino-alcohol motifs (C(OH)–C–C–N with tert-alkyl or cyclic N) is 2. The number of aryl methyl sites for hydroxylation is 3. The van der Waals surface area contributed by atoms with Crippen molar-refractivity contribution in [2.45, 2.75) is 471 Å². The van der Waals surface area contributed by atoms with Crippen LogP contribution >= 0.6 is 0 Å². The van der Waals surface area contributed by atoms with Gasteiger partial charge in [-0.05, 0) is 279 Å². The molecule has 846 valence electrons. The first kappa shape index (κ1) is 147. The molecular weight excluding hydrogens is 1780 g/mol. The molecule has 9 rings (SSSR count). The lowest BCUT2D eigenvalue weighted by Crippen LogP contribution is -2.54. The number of hydrogen-bond donors (Lipinski definition) is 4. The maximum atomic E-state index is 9.49.